The molecule has 1 heterocycles. The Hall–Kier alpha value is -4.09. The van der Waals surface area contributed by atoms with Gasteiger partial charge in [-0.25, -0.2) is 14.4 Å². The molecule has 56 heavy (non-hydrogen) atoms. The minimum Gasteiger partial charge on any atom is -0.456 e. The largest absolute Gasteiger partial charge is 0.456 e. The second kappa shape index (κ2) is 15.0. The van der Waals surface area contributed by atoms with Gasteiger partial charge >= 0.3 is 30.0 Å². The van der Waals surface area contributed by atoms with Gasteiger partial charge in [-0.15, -0.1) is 0 Å². The average Bonchev–Trinajstić information content (AvgIpc) is 3.08. The van der Waals surface area contributed by atoms with Crippen molar-refractivity contribution in [1.82, 2.24) is 5.32 Å². The Labute approximate surface area is 325 Å². The van der Waals surface area contributed by atoms with Crippen LogP contribution in [0.25, 0.3) is 0 Å². The number of carbonyl (C=O) groups is 5. The lowest BCUT2D eigenvalue weighted by Gasteiger charge is -2.69. The molecule has 5 N–H and O–H groups in total. The summed E-state index contributed by atoms with van der Waals surface area (Å²) in [6.45, 7) is 14.5. The molecule has 1 aliphatic heterocycles. The van der Waals surface area contributed by atoms with Crippen LogP contribution < -0.4 is 5.32 Å². The fraction of sp³-hybridized carbons (Fsp3) is 0.675. The zero-order valence-electron chi connectivity index (χ0n) is 33.5. The summed E-state index contributed by atoms with van der Waals surface area (Å²) in [5.74, 6) is -5.13. The second-order valence-corrected chi connectivity index (χ2v) is 17.3. The first-order chi connectivity index (χ1) is 25.8. The van der Waals surface area contributed by atoms with E-state index in [-0.39, 0.29) is 29.7 Å². The van der Waals surface area contributed by atoms with Gasteiger partial charge in [0.1, 0.15) is 35.6 Å². The molecule has 1 amide bonds. The summed E-state index contributed by atoms with van der Waals surface area (Å²) < 4.78 is 35.3. The number of fused-ring (bicyclic) bond motifs is 5. The molecule has 1 aromatic rings. The van der Waals surface area contributed by atoms with Gasteiger partial charge in [0.2, 0.25) is 0 Å². The standard InChI is InChI=1S/C40H55NO15/c1-19-24(53-34(48)28(45)20(2)41-35(49)56-36(5,6)7)17-40(50)32(54-33(47)23-14-12-11-13-15-23)30-38(10,25(44)16-26-39(30,18-51-26)55-22(4)43)31(46)29(52-21(3)42)27(19)37(40,8)9/h11-15,20,24-26,28-32,44-46,50H,16-18H2,1-10H3,(H,41,49)/t20-,24-,25-,26+,28+,29+,30-,31-,32-,38+,39-,40+/m0/s1. The first-order valence-electron chi connectivity index (χ1n) is 18.7. The number of ether oxygens (including phenoxy) is 6. The van der Waals surface area contributed by atoms with E-state index in [1.54, 1.807) is 59.7 Å². The summed E-state index contributed by atoms with van der Waals surface area (Å²) in [5, 5.41) is 51.6. The Morgan fingerprint density at radius 1 is 0.964 bits per heavy atom. The molecule has 16 heteroatoms. The molecule has 16 nitrogen and oxygen atoms in total. The quantitative estimate of drug-likeness (QED) is 0.144. The second-order valence-electron chi connectivity index (χ2n) is 17.3. The maximum absolute atomic E-state index is 14.1. The third-order valence-corrected chi connectivity index (χ3v) is 12.1. The molecule has 0 spiro atoms. The predicted molar refractivity (Wildman–Crippen MR) is 194 cm³/mol. The van der Waals surface area contributed by atoms with Crippen LogP contribution in [0.5, 0.6) is 0 Å². The van der Waals surface area contributed by atoms with Gasteiger partial charge in [0, 0.05) is 37.5 Å². The normalized spacial score (nSPS) is 35.7. The fourth-order valence-corrected chi connectivity index (χ4v) is 9.25. The molecule has 2 bridgehead atoms. The highest BCUT2D eigenvalue weighted by Crippen LogP contribution is 2.65. The lowest BCUT2D eigenvalue weighted by molar-refractivity contribution is -0.365. The maximum Gasteiger partial charge on any atom is 0.407 e. The molecule has 3 fully saturated rings. The number of hydrogen-bond donors (Lipinski definition) is 5. The van der Waals surface area contributed by atoms with Gasteiger partial charge < -0.3 is 54.2 Å². The fourth-order valence-electron chi connectivity index (χ4n) is 9.25. The van der Waals surface area contributed by atoms with Crippen molar-refractivity contribution in [3.8, 4) is 0 Å². The number of carbonyl (C=O) groups excluding carboxylic acids is 5. The van der Waals surface area contributed by atoms with Crippen LogP contribution in [0, 0.1) is 16.7 Å². The van der Waals surface area contributed by atoms with E-state index < -0.39 is 119 Å². The molecule has 1 saturated heterocycles. The first kappa shape index (κ1) is 43.0. The van der Waals surface area contributed by atoms with Crippen molar-refractivity contribution in [2.45, 2.75) is 148 Å². The van der Waals surface area contributed by atoms with Crippen molar-refractivity contribution < 1.29 is 72.8 Å². The Morgan fingerprint density at radius 3 is 2.12 bits per heavy atom. The van der Waals surface area contributed by atoms with E-state index in [1.807, 2.05) is 0 Å². The van der Waals surface area contributed by atoms with Gasteiger partial charge in [-0.1, -0.05) is 39.0 Å². The van der Waals surface area contributed by atoms with E-state index in [0.717, 1.165) is 6.92 Å². The summed E-state index contributed by atoms with van der Waals surface area (Å²) in [6.07, 6.45) is -12.5. The molecule has 4 aliphatic rings. The van der Waals surface area contributed by atoms with Crippen molar-refractivity contribution in [1.29, 1.82) is 0 Å². The Bertz CT molecular complexity index is 1750. The number of nitrogens with one attached hydrogen (secondary N) is 1. The number of amides is 1. The molecular formula is C40H55NO15. The summed E-state index contributed by atoms with van der Waals surface area (Å²) in [6, 6.07) is 6.68. The topological polar surface area (TPSA) is 234 Å². The van der Waals surface area contributed by atoms with Crippen LogP contribution >= 0.6 is 0 Å². The minimum atomic E-state index is -2.32. The highest BCUT2D eigenvalue weighted by atomic mass is 16.6. The SMILES string of the molecule is CC(=O)O[C@@H]1C2=C(C)[C@@H](OC(=O)[C@H](O)[C@H](C)NC(=O)OC(C)(C)C)C[C@@](O)([C@@H](OC(=O)c3ccccc3)[C@@H]3[C@]4(OC(C)=O)CO[C@@H]4C[C@H](O)[C@@]3(C)[C@H]1O)C2(C)C. The molecule has 2 saturated carbocycles. The van der Waals surface area contributed by atoms with E-state index >= 15 is 0 Å². The first-order valence-corrected chi connectivity index (χ1v) is 18.7. The number of aliphatic hydroxyl groups excluding tert-OH is 3. The van der Waals surface area contributed by atoms with Crippen LogP contribution in [0.2, 0.25) is 0 Å². The Balaban J connectivity index is 1.71. The smallest absolute Gasteiger partial charge is 0.407 e. The number of esters is 4. The Morgan fingerprint density at radius 2 is 1.59 bits per heavy atom. The number of alkyl carbamates (subject to hydrolysis) is 1. The Kier molecular flexibility index (Phi) is 11.5. The van der Waals surface area contributed by atoms with Crippen LogP contribution in [0.15, 0.2) is 41.5 Å². The summed E-state index contributed by atoms with van der Waals surface area (Å²) in [7, 11) is 0. The van der Waals surface area contributed by atoms with E-state index in [0.29, 0.717) is 0 Å². The highest BCUT2D eigenvalue weighted by Gasteiger charge is 2.78. The van der Waals surface area contributed by atoms with Gasteiger partial charge in [0.05, 0.1) is 30.2 Å². The van der Waals surface area contributed by atoms with Gasteiger partial charge in [-0.05, 0) is 57.9 Å². The zero-order chi connectivity index (χ0) is 41.9. The maximum atomic E-state index is 14.1. The summed E-state index contributed by atoms with van der Waals surface area (Å²) >= 11 is 0. The van der Waals surface area contributed by atoms with Gasteiger partial charge in [0.25, 0.3) is 0 Å². The molecule has 5 rings (SSSR count). The van der Waals surface area contributed by atoms with Crippen LogP contribution in [0.4, 0.5) is 4.79 Å². The number of hydrogen-bond acceptors (Lipinski definition) is 15. The van der Waals surface area contributed by atoms with Gasteiger partial charge in [-0.2, -0.15) is 0 Å². The number of benzene rings is 1. The lowest BCUT2D eigenvalue weighted by atomic mass is 9.44. The van der Waals surface area contributed by atoms with Crippen LogP contribution in [-0.2, 0) is 42.8 Å². The average molecular weight is 790 g/mol. The molecule has 3 aliphatic carbocycles. The minimum absolute atomic E-state index is 0.0932. The third kappa shape index (κ3) is 7.30. The van der Waals surface area contributed by atoms with E-state index in [1.165, 1.54) is 32.9 Å². The molecule has 0 aromatic heterocycles. The van der Waals surface area contributed by atoms with E-state index in [9.17, 15) is 44.4 Å². The van der Waals surface area contributed by atoms with Crippen molar-refractivity contribution in [2.24, 2.45) is 16.7 Å². The molecule has 0 unspecified atom stereocenters. The van der Waals surface area contributed by atoms with Crippen molar-refractivity contribution in [3.05, 3.63) is 47.0 Å². The van der Waals surface area contributed by atoms with E-state index in [4.69, 9.17) is 28.4 Å². The number of rotatable bonds is 8. The van der Waals surface area contributed by atoms with Crippen molar-refractivity contribution in [3.63, 3.8) is 0 Å². The van der Waals surface area contributed by atoms with Crippen molar-refractivity contribution in [2.75, 3.05) is 6.61 Å². The van der Waals surface area contributed by atoms with Gasteiger partial charge in [-0.3, -0.25) is 9.59 Å². The van der Waals surface area contributed by atoms with Gasteiger partial charge in [0.15, 0.2) is 17.8 Å². The molecule has 12 atom stereocenters. The zero-order valence-corrected chi connectivity index (χ0v) is 33.5. The summed E-state index contributed by atoms with van der Waals surface area (Å²) in [4.78, 5) is 66.0. The summed E-state index contributed by atoms with van der Waals surface area (Å²) in [5.41, 5.74) is -7.88. The van der Waals surface area contributed by atoms with Crippen LogP contribution in [0.1, 0.15) is 92.4 Å². The molecule has 1 aromatic carbocycles. The predicted octanol–water partition coefficient (Wildman–Crippen LogP) is 2.27. The lowest BCUT2D eigenvalue weighted by Crippen LogP contribution is -2.82. The monoisotopic (exact) mass is 789 g/mol. The molecule has 0 radical (unpaired) electrons. The van der Waals surface area contributed by atoms with E-state index in [2.05, 4.69) is 5.32 Å². The highest BCUT2D eigenvalue weighted by molar-refractivity contribution is 5.89. The number of aliphatic hydroxyl groups is 4. The third-order valence-electron chi connectivity index (χ3n) is 12.1. The van der Waals surface area contributed by atoms with Crippen molar-refractivity contribution >= 4 is 30.0 Å². The molecule has 310 valence electrons. The molecular weight excluding hydrogens is 734 g/mol. The van der Waals surface area contributed by atoms with Crippen LogP contribution in [-0.4, -0.2) is 123 Å². The van der Waals surface area contributed by atoms with Crippen LogP contribution in [0.3, 0.4) is 0 Å².